The van der Waals surface area contributed by atoms with Crippen LogP contribution in [-0.2, 0) is 21.2 Å². The van der Waals surface area contributed by atoms with Gasteiger partial charge in [0.25, 0.3) is 5.56 Å². The highest BCUT2D eigenvalue weighted by Gasteiger charge is 2.21. The van der Waals surface area contributed by atoms with Crippen molar-refractivity contribution in [1.82, 2.24) is 9.78 Å². The van der Waals surface area contributed by atoms with Gasteiger partial charge in [-0.1, -0.05) is 29.3 Å². The second-order valence-corrected chi connectivity index (χ2v) is 9.28. The number of carbonyl (C=O) groups excluding carboxylic acids is 1. The minimum Gasteiger partial charge on any atom is -0.324 e. The van der Waals surface area contributed by atoms with Crippen molar-refractivity contribution in [2.24, 2.45) is 0 Å². The molecule has 0 unspecified atom stereocenters. The lowest BCUT2D eigenvalue weighted by molar-refractivity contribution is -0.117. The maximum Gasteiger partial charge on any atom is 0.267 e. The molecule has 0 radical (unpaired) electrons. The fraction of sp³-hybridized carbons (Fsp3) is 0.190. The second-order valence-electron chi connectivity index (χ2n) is 6.95. The first-order valence-corrected chi connectivity index (χ1v) is 10.9. The van der Waals surface area contributed by atoms with Gasteiger partial charge in [0.1, 0.15) is 6.54 Å². The molecule has 0 aliphatic rings. The van der Waals surface area contributed by atoms with Gasteiger partial charge in [0, 0.05) is 16.8 Å². The number of nitrogens with one attached hydrogen (secondary N) is 1. The van der Waals surface area contributed by atoms with Gasteiger partial charge in [-0.25, -0.2) is 13.1 Å². The van der Waals surface area contributed by atoms with Crippen molar-refractivity contribution in [3.05, 3.63) is 80.6 Å². The van der Waals surface area contributed by atoms with Crippen LogP contribution in [0.5, 0.6) is 0 Å². The fourth-order valence-corrected chi connectivity index (χ4v) is 4.43. The van der Waals surface area contributed by atoms with Crippen LogP contribution in [0, 0.1) is 20.8 Å². The molecule has 0 spiro atoms. The lowest BCUT2D eigenvalue weighted by atomic mass is 10.1. The van der Waals surface area contributed by atoms with E-state index in [4.69, 9.17) is 11.6 Å². The molecule has 1 amide bonds. The standard InChI is InChI=1S/C21H20ClN3O4S/c1-13-10-14(2)21(15(3)11-13)23-18(26)12-25-20(27)9-8-19(24-25)30(28,29)17-6-4-16(22)5-7-17/h4-11H,12H2,1-3H3,(H,23,26). The smallest absolute Gasteiger partial charge is 0.267 e. The number of hydrogen-bond donors (Lipinski definition) is 1. The minimum absolute atomic E-state index is 0.0139. The third kappa shape index (κ3) is 4.60. The Balaban J connectivity index is 1.88. The number of amides is 1. The molecule has 1 aromatic heterocycles. The van der Waals surface area contributed by atoms with E-state index in [1.807, 2.05) is 32.9 Å². The van der Waals surface area contributed by atoms with Crippen LogP contribution in [0.3, 0.4) is 0 Å². The normalized spacial score (nSPS) is 11.3. The van der Waals surface area contributed by atoms with Crippen LogP contribution < -0.4 is 10.9 Å². The molecule has 0 bridgehead atoms. The SMILES string of the molecule is Cc1cc(C)c(NC(=O)Cn2nc(S(=O)(=O)c3ccc(Cl)cc3)ccc2=O)c(C)c1. The van der Waals surface area contributed by atoms with Crippen molar-refractivity contribution in [2.45, 2.75) is 37.2 Å². The maximum absolute atomic E-state index is 12.8. The van der Waals surface area contributed by atoms with E-state index < -0.39 is 27.8 Å². The van der Waals surface area contributed by atoms with Gasteiger partial charge in [-0.05, 0) is 62.2 Å². The number of halogens is 1. The summed E-state index contributed by atoms with van der Waals surface area (Å²) in [5.74, 6) is -0.485. The van der Waals surface area contributed by atoms with Crippen LogP contribution in [0.2, 0.25) is 5.02 Å². The lowest BCUT2D eigenvalue weighted by Gasteiger charge is -2.13. The highest BCUT2D eigenvalue weighted by Crippen LogP contribution is 2.22. The van der Waals surface area contributed by atoms with Crippen molar-refractivity contribution >= 4 is 33.0 Å². The Kier molecular flexibility index (Phi) is 6.09. The van der Waals surface area contributed by atoms with E-state index in [0.717, 1.165) is 33.5 Å². The summed E-state index contributed by atoms with van der Waals surface area (Å²) in [4.78, 5) is 24.7. The largest absolute Gasteiger partial charge is 0.324 e. The highest BCUT2D eigenvalue weighted by molar-refractivity contribution is 7.91. The van der Waals surface area contributed by atoms with Crippen LogP contribution >= 0.6 is 11.6 Å². The predicted octanol–water partition coefficient (Wildman–Crippen LogP) is 3.29. The first-order valence-electron chi connectivity index (χ1n) is 9.04. The Bertz CT molecular complexity index is 1260. The van der Waals surface area contributed by atoms with Gasteiger partial charge in [0.2, 0.25) is 15.7 Å². The number of hydrogen-bond acceptors (Lipinski definition) is 5. The summed E-state index contributed by atoms with van der Waals surface area (Å²) in [5, 5.41) is 6.74. The van der Waals surface area contributed by atoms with Gasteiger partial charge in [-0.15, -0.1) is 0 Å². The van der Waals surface area contributed by atoms with E-state index >= 15 is 0 Å². The van der Waals surface area contributed by atoms with E-state index in [2.05, 4.69) is 10.4 Å². The van der Waals surface area contributed by atoms with Crippen molar-refractivity contribution in [3.8, 4) is 0 Å². The average Bonchev–Trinajstić information content (AvgIpc) is 2.66. The number of aromatic nitrogens is 2. The molecule has 3 rings (SSSR count). The Labute approximate surface area is 179 Å². The highest BCUT2D eigenvalue weighted by atomic mass is 35.5. The molecule has 0 fully saturated rings. The average molecular weight is 446 g/mol. The Morgan fingerprint density at radius 1 is 1.03 bits per heavy atom. The fourth-order valence-electron chi connectivity index (χ4n) is 3.11. The van der Waals surface area contributed by atoms with Gasteiger partial charge in [-0.3, -0.25) is 9.59 Å². The molecule has 30 heavy (non-hydrogen) atoms. The van der Waals surface area contributed by atoms with Gasteiger partial charge in [0.05, 0.1) is 4.90 Å². The Morgan fingerprint density at radius 2 is 1.63 bits per heavy atom. The van der Waals surface area contributed by atoms with Crippen molar-refractivity contribution in [3.63, 3.8) is 0 Å². The van der Waals surface area contributed by atoms with Gasteiger partial charge < -0.3 is 5.32 Å². The zero-order valence-corrected chi connectivity index (χ0v) is 18.2. The molecule has 0 aliphatic heterocycles. The third-order valence-corrected chi connectivity index (χ3v) is 6.39. The summed E-state index contributed by atoms with van der Waals surface area (Å²) < 4.78 is 26.4. The zero-order chi connectivity index (χ0) is 22.1. The number of nitrogens with zero attached hydrogens (tertiary/aromatic N) is 2. The maximum atomic E-state index is 12.8. The molecular weight excluding hydrogens is 426 g/mol. The van der Waals surface area contributed by atoms with E-state index in [9.17, 15) is 18.0 Å². The van der Waals surface area contributed by atoms with Gasteiger partial charge in [0.15, 0.2) is 5.03 Å². The molecule has 7 nitrogen and oxygen atoms in total. The molecule has 0 saturated heterocycles. The number of rotatable bonds is 5. The van der Waals surface area contributed by atoms with E-state index in [-0.39, 0.29) is 9.92 Å². The Hall–Kier alpha value is -2.97. The van der Waals surface area contributed by atoms with Crippen LogP contribution in [0.1, 0.15) is 16.7 Å². The summed E-state index contributed by atoms with van der Waals surface area (Å²) in [6.07, 6.45) is 0. The summed E-state index contributed by atoms with van der Waals surface area (Å²) in [5.41, 5.74) is 2.92. The Morgan fingerprint density at radius 3 is 2.23 bits per heavy atom. The van der Waals surface area contributed by atoms with Crippen molar-refractivity contribution in [1.29, 1.82) is 0 Å². The van der Waals surface area contributed by atoms with Crippen LogP contribution in [0.4, 0.5) is 5.69 Å². The summed E-state index contributed by atoms with van der Waals surface area (Å²) >= 11 is 5.81. The zero-order valence-electron chi connectivity index (χ0n) is 16.6. The topological polar surface area (TPSA) is 98.1 Å². The molecule has 0 atom stereocenters. The molecule has 1 N–H and O–H groups in total. The number of carbonyl (C=O) groups is 1. The van der Waals surface area contributed by atoms with Gasteiger partial charge in [-0.2, -0.15) is 5.10 Å². The predicted molar refractivity (Wildman–Crippen MR) is 115 cm³/mol. The quantitative estimate of drug-likeness (QED) is 0.649. The van der Waals surface area contributed by atoms with Gasteiger partial charge >= 0.3 is 0 Å². The molecule has 9 heteroatoms. The lowest BCUT2D eigenvalue weighted by Crippen LogP contribution is -2.30. The minimum atomic E-state index is -3.97. The van der Waals surface area contributed by atoms with Crippen LogP contribution in [0.15, 0.2) is 63.2 Å². The summed E-state index contributed by atoms with van der Waals surface area (Å²) in [6.45, 7) is 5.29. The number of benzene rings is 2. The summed E-state index contributed by atoms with van der Waals surface area (Å²) in [6, 6.07) is 11.7. The monoisotopic (exact) mass is 445 g/mol. The van der Waals surface area contributed by atoms with Crippen LogP contribution in [-0.4, -0.2) is 24.1 Å². The number of aryl methyl sites for hydroxylation is 3. The summed E-state index contributed by atoms with van der Waals surface area (Å²) in [7, 11) is -3.97. The van der Waals surface area contributed by atoms with Crippen LogP contribution in [0.25, 0.3) is 0 Å². The molecule has 2 aromatic carbocycles. The molecule has 1 heterocycles. The van der Waals surface area contributed by atoms with E-state index in [1.54, 1.807) is 0 Å². The number of anilines is 1. The first kappa shape index (κ1) is 21.7. The molecule has 0 aliphatic carbocycles. The van der Waals surface area contributed by atoms with Crippen molar-refractivity contribution in [2.75, 3.05) is 5.32 Å². The molecule has 3 aromatic rings. The number of sulfone groups is 1. The first-order chi connectivity index (χ1) is 14.1. The molecule has 156 valence electrons. The second kappa shape index (κ2) is 8.41. The molecular formula is C21H20ClN3O4S. The van der Waals surface area contributed by atoms with Crippen molar-refractivity contribution < 1.29 is 13.2 Å². The van der Waals surface area contributed by atoms with E-state index in [1.165, 1.54) is 24.3 Å². The molecule has 0 saturated carbocycles. The third-order valence-electron chi connectivity index (χ3n) is 4.48. The van der Waals surface area contributed by atoms with E-state index in [0.29, 0.717) is 10.7 Å².